The summed E-state index contributed by atoms with van der Waals surface area (Å²) >= 11 is 2.12. The summed E-state index contributed by atoms with van der Waals surface area (Å²) in [6.07, 6.45) is 3.65. The highest BCUT2D eigenvalue weighted by atomic mass is 127. The summed E-state index contributed by atoms with van der Waals surface area (Å²) in [5.74, 6) is -0.0998. The van der Waals surface area contributed by atoms with E-state index in [2.05, 4.69) is 22.6 Å². The van der Waals surface area contributed by atoms with Crippen LogP contribution < -0.4 is 5.73 Å². The van der Waals surface area contributed by atoms with E-state index in [1.807, 2.05) is 0 Å². The lowest BCUT2D eigenvalue weighted by Gasteiger charge is -2.25. The summed E-state index contributed by atoms with van der Waals surface area (Å²) in [5, 5.41) is 10.2. The third-order valence-electron chi connectivity index (χ3n) is 3.57. The lowest BCUT2D eigenvalue weighted by atomic mass is 9.91. The van der Waals surface area contributed by atoms with Crippen molar-refractivity contribution in [2.75, 3.05) is 0 Å². The predicted octanol–water partition coefficient (Wildman–Crippen LogP) is 3.40. The molecule has 1 aromatic carbocycles. The first-order valence-corrected chi connectivity index (χ1v) is 7.06. The minimum absolute atomic E-state index is 0. The SMILES string of the molecule is Cl.N[C@H](c1cc(I)ccc1F)[C@@H](O)C1CCCC1. The van der Waals surface area contributed by atoms with E-state index in [0.717, 1.165) is 29.3 Å². The van der Waals surface area contributed by atoms with Gasteiger partial charge in [-0.2, -0.15) is 0 Å². The zero-order chi connectivity index (χ0) is 12.4. The number of halogens is 3. The van der Waals surface area contributed by atoms with Crippen LogP contribution in [0.15, 0.2) is 18.2 Å². The Kier molecular flexibility index (Phi) is 6.30. The molecule has 1 saturated carbocycles. The van der Waals surface area contributed by atoms with Gasteiger partial charge in [-0.05, 0) is 59.5 Å². The summed E-state index contributed by atoms with van der Waals surface area (Å²) in [7, 11) is 0. The second-order valence-corrected chi connectivity index (χ2v) is 5.97. The van der Waals surface area contributed by atoms with Gasteiger partial charge in [-0.3, -0.25) is 0 Å². The molecule has 18 heavy (non-hydrogen) atoms. The molecule has 0 bridgehead atoms. The van der Waals surface area contributed by atoms with E-state index in [1.165, 1.54) is 6.07 Å². The van der Waals surface area contributed by atoms with Crippen LogP contribution in [0.4, 0.5) is 4.39 Å². The molecule has 0 radical (unpaired) electrons. The number of aliphatic hydroxyl groups is 1. The number of hydrogen-bond acceptors (Lipinski definition) is 2. The molecule has 0 saturated heterocycles. The Morgan fingerprint density at radius 2 is 1.94 bits per heavy atom. The summed E-state index contributed by atoms with van der Waals surface area (Å²) in [6, 6.07) is 4.22. The van der Waals surface area contributed by atoms with E-state index >= 15 is 0 Å². The van der Waals surface area contributed by atoms with Crippen molar-refractivity contribution in [3.05, 3.63) is 33.1 Å². The molecular weight excluding hydrogens is 368 g/mol. The molecule has 0 heterocycles. The number of benzene rings is 1. The molecule has 1 aromatic rings. The van der Waals surface area contributed by atoms with Gasteiger partial charge in [0.2, 0.25) is 0 Å². The molecule has 1 aliphatic rings. The summed E-state index contributed by atoms with van der Waals surface area (Å²) in [6.45, 7) is 0. The maximum absolute atomic E-state index is 13.7. The summed E-state index contributed by atoms with van der Waals surface area (Å²) in [4.78, 5) is 0. The molecular formula is C13H18ClFINO. The smallest absolute Gasteiger partial charge is 0.128 e. The Bertz CT molecular complexity index is 399. The molecule has 1 aliphatic carbocycles. The van der Waals surface area contributed by atoms with E-state index in [1.54, 1.807) is 12.1 Å². The van der Waals surface area contributed by atoms with Gasteiger partial charge >= 0.3 is 0 Å². The average Bonchev–Trinajstić information content (AvgIpc) is 2.84. The van der Waals surface area contributed by atoms with Gasteiger partial charge in [-0.1, -0.05) is 12.8 Å². The lowest BCUT2D eigenvalue weighted by Crippen LogP contribution is -2.32. The van der Waals surface area contributed by atoms with Crippen molar-refractivity contribution in [2.24, 2.45) is 11.7 Å². The normalized spacial score (nSPS) is 19.3. The summed E-state index contributed by atoms with van der Waals surface area (Å²) in [5.41, 5.74) is 6.42. The average molecular weight is 386 g/mol. The standard InChI is InChI=1S/C13H17FINO.ClH/c14-11-6-5-9(15)7-10(11)12(16)13(17)8-3-1-2-4-8;/h5-8,12-13,17H,1-4,16H2;1H/t12-,13+;/m1./s1. The number of hydrogen-bond donors (Lipinski definition) is 2. The highest BCUT2D eigenvalue weighted by molar-refractivity contribution is 14.1. The van der Waals surface area contributed by atoms with E-state index in [4.69, 9.17) is 5.73 Å². The second-order valence-electron chi connectivity index (χ2n) is 4.73. The van der Waals surface area contributed by atoms with Crippen LogP contribution in [0.2, 0.25) is 0 Å². The van der Waals surface area contributed by atoms with Crippen LogP contribution >= 0.6 is 35.0 Å². The monoisotopic (exact) mass is 385 g/mol. The van der Waals surface area contributed by atoms with Crippen LogP contribution in [0.1, 0.15) is 37.3 Å². The van der Waals surface area contributed by atoms with Crippen molar-refractivity contribution >= 4 is 35.0 Å². The largest absolute Gasteiger partial charge is 0.391 e. The summed E-state index contributed by atoms with van der Waals surface area (Å²) < 4.78 is 14.6. The van der Waals surface area contributed by atoms with Crippen molar-refractivity contribution < 1.29 is 9.50 Å². The van der Waals surface area contributed by atoms with E-state index in [0.29, 0.717) is 5.56 Å². The lowest BCUT2D eigenvalue weighted by molar-refractivity contribution is 0.0832. The Balaban J connectivity index is 0.00000162. The quantitative estimate of drug-likeness (QED) is 0.783. The van der Waals surface area contributed by atoms with Gasteiger partial charge in [0.1, 0.15) is 5.82 Å². The molecule has 0 unspecified atom stereocenters. The Morgan fingerprint density at radius 1 is 1.33 bits per heavy atom. The topological polar surface area (TPSA) is 46.2 Å². The van der Waals surface area contributed by atoms with Gasteiger partial charge in [-0.15, -0.1) is 12.4 Å². The van der Waals surface area contributed by atoms with Crippen molar-refractivity contribution in [3.63, 3.8) is 0 Å². The van der Waals surface area contributed by atoms with Gasteiger partial charge in [-0.25, -0.2) is 4.39 Å². The third kappa shape index (κ3) is 3.56. The molecule has 102 valence electrons. The molecule has 0 aliphatic heterocycles. The Labute approximate surface area is 127 Å². The van der Waals surface area contributed by atoms with E-state index in [9.17, 15) is 9.50 Å². The molecule has 0 amide bonds. The fraction of sp³-hybridized carbons (Fsp3) is 0.538. The molecule has 2 nitrogen and oxygen atoms in total. The highest BCUT2D eigenvalue weighted by Gasteiger charge is 2.30. The van der Waals surface area contributed by atoms with Crippen molar-refractivity contribution in [3.8, 4) is 0 Å². The minimum Gasteiger partial charge on any atom is -0.391 e. The molecule has 5 heteroatoms. The minimum atomic E-state index is -0.634. The molecule has 3 N–H and O–H groups in total. The first kappa shape index (κ1) is 16.1. The Morgan fingerprint density at radius 3 is 2.56 bits per heavy atom. The van der Waals surface area contributed by atoms with E-state index < -0.39 is 12.1 Å². The highest BCUT2D eigenvalue weighted by Crippen LogP contribution is 2.33. The molecule has 0 spiro atoms. The van der Waals surface area contributed by atoms with Crippen molar-refractivity contribution in [1.29, 1.82) is 0 Å². The number of rotatable bonds is 3. The third-order valence-corrected chi connectivity index (χ3v) is 4.24. The van der Waals surface area contributed by atoms with Crippen LogP contribution in [0.5, 0.6) is 0 Å². The molecule has 1 fully saturated rings. The van der Waals surface area contributed by atoms with Gasteiger partial charge in [0, 0.05) is 9.13 Å². The maximum Gasteiger partial charge on any atom is 0.128 e. The molecule has 2 rings (SSSR count). The van der Waals surface area contributed by atoms with Crippen LogP contribution in [-0.4, -0.2) is 11.2 Å². The number of nitrogens with two attached hydrogens (primary N) is 1. The van der Waals surface area contributed by atoms with Gasteiger partial charge in [0.05, 0.1) is 12.1 Å². The maximum atomic E-state index is 13.7. The Hall–Kier alpha value is 0.0900. The van der Waals surface area contributed by atoms with Crippen molar-refractivity contribution in [2.45, 2.75) is 37.8 Å². The van der Waals surface area contributed by atoms with Crippen LogP contribution in [0.25, 0.3) is 0 Å². The zero-order valence-electron chi connectivity index (χ0n) is 9.98. The zero-order valence-corrected chi connectivity index (χ0v) is 13.0. The van der Waals surface area contributed by atoms with Gasteiger partial charge in [0.15, 0.2) is 0 Å². The van der Waals surface area contributed by atoms with Crippen LogP contribution in [0, 0.1) is 15.3 Å². The van der Waals surface area contributed by atoms with Gasteiger partial charge in [0.25, 0.3) is 0 Å². The molecule has 2 atom stereocenters. The molecule has 0 aromatic heterocycles. The number of aliphatic hydroxyl groups excluding tert-OH is 1. The van der Waals surface area contributed by atoms with E-state index in [-0.39, 0.29) is 24.1 Å². The van der Waals surface area contributed by atoms with Crippen molar-refractivity contribution in [1.82, 2.24) is 0 Å². The first-order chi connectivity index (χ1) is 8.09. The second kappa shape index (κ2) is 7.03. The van der Waals surface area contributed by atoms with Crippen LogP contribution in [0.3, 0.4) is 0 Å². The fourth-order valence-corrected chi connectivity index (χ4v) is 3.06. The van der Waals surface area contributed by atoms with Crippen LogP contribution in [-0.2, 0) is 0 Å². The fourth-order valence-electron chi connectivity index (χ4n) is 2.55. The predicted molar refractivity (Wildman–Crippen MR) is 81.3 cm³/mol. The van der Waals surface area contributed by atoms with Gasteiger partial charge < -0.3 is 10.8 Å². The first-order valence-electron chi connectivity index (χ1n) is 5.98.